The first-order valence-electron chi connectivity index (χ1n) is 8.77. The Labute approximate surface area is 149 Å². The van der Waals surface area contributed by atoms with Crippen molar-refractivity contribution in [3.63, 3.8) is 0 Å². The quantitative estimate of drug-likeness (QED) is 0.811. The molecule has 0 saturated carbocycles. The first-order chi connectivity index (χ1) is 12.2. The summed E-state index contributed by atoms with van der Waals surface area (Å²) in [5.74, 6) is 1.09. The monoisotopic (exact) mass is 339 g/mol. The van der Waals surface area contributed by atoms with E-state index in [-0.39, 0.29) is 5.91 Å². The number of ether oxygens (including phenoxy) is 1. The van der Waals surface area contributed by atoms with Crippen LogP contribution < -0.4 is 4.74 Å². The highest BCUT2D eigenvalue weighted by Gasteiger charge is 2.21. The van der Waals surface area contributed by atoms with Crippen molar-refractivity contribution in [2.75, 3.05) is 33.3 Å². The second-order valence-corrected chi connectivity index (χ2v) is 6.33. The fourth-order valence-corrected chi connectivity index (χ4v) is 3.08. The lowest BCUT2D eigenvalue weighted by atomic mass is 10.1. The molecule has 0 bridgehead atoms. The van der Waals surface area contributed by atoms with Crippen molar-refractivity contribution in [2.24, 2.45) is 0 Å². The van der Waals surface area contributed by atoms with Gasteiger partial charge in [0, 0.05) is 45.3 Å². The molecule has 1 aromatic carbocycles. The normalized spacial score (nSPS) is 15.2. The van der Waals surface area contributed by atoms with E-state index in [1.54, 1.807) is 7.11 Å². The zero-order valence-electron chi connectivity index (χ0n) is 14.7. The van der Waals surface area contributed by atoms with Crippen LogP contribution >= 0.6 is 0 Å². The number of piperazine rings is 1. The van der Waals surface area contributed by atoms with Crippen LogP contribution in [-0.2, 0) is 17.8 Å². The van der Waals surface area contributed by atoms with Gasteiger partial charge in [0.05, 0.1) is 12.8 Å². The van der Waals surface area contributed by atoms with Gasteiger partial charge in [-0.2, -0.15) is 0 Å². The Morgan fingerprint density at radius 2 is 1.84 bits per heavy atom. The van der Waals surface area contributed by atoms with Gasteiger partial charge in [-0.15, -0.1) is 0 Å². The van der Waals surface area contributed by atoms with Crippen molar-refractivity contribution in [3.8, 4) is 5.75 Å². The van der Waals surface area contributed by atoms with E-state index in [0.29, 0.717) is 6.42 Å². The highest BCUT2D eigenvalue weighted by atomic mass is 16.5. The number of methoxy groups -OCH3 is 1. The number of amides is 1. The molecule has 0 N–H and O–H groups in total. The third kappa shape index (κ3) is 5.03. The standard InChI is InChI=1S/C20H25N3O2/c1-25-19-8-5-17(6-9-19)7-10-20(24)23-14-12-22(13-15-23)16-18-4-2-3-11-21-18/h2-6,8-9,11H,7,10,12-16H2,1H3. The van der Waals surface area contributed by atoms with Crippen LogP contribution in [0.15, 0.2) is 48.7 Å². The van der Waals surface area contributed by atoms with Crippen molar-refractivity contribution in [3.05, 3.63) is 59.9 Å². The number of benzene rings is 1. The Morgan fingerprint density at radius 1 is 1.08 bits per heavy atom. The lowest BCUT2D eigenvalue weighted by Gasteiger charge is -2.34. The molecule has 1 aromatic heterocycles. The number of hydrogen-bond donors (Lipinski definition) is 0. The Morgan fingerprint density at radius 3 is 2.48 bits per heavy atom. The van der Waals surface area contributed by atoms with Crippen LogP contribution in [0, 0.1) is 0 Å². The summed E-state index contributed by atoms with van der Waals surface area (Å²) in [7, 11) is 1.66. The second-order valence-electron chi connectivity index (χ2n) is 6.33. The summed E-state index contributed by atoms with van der Waals surface area (Å²) >= 11 is 0. The van der Waals surface area contributed by atoms with Gasteiger partial charge < -0.3 is 9.64 Å². The molecule has 0 unspecified atom stereocenters. The van der Waals surface area contributed by atoms with Gasteiger partial charge in [0.15, 0.2) is 0 Å². The van der Waals surface area contributed by atoms with E-state index in [1.165, 1.54) is 5.56 Å². The number of rotatable bonds is 6. The topological polar surface area (TPSA) is 45.7 Å². The Hall–Kier alpha value is -2.40. The molecule has 0 spiro atoms. The lowest BCUT2D eigenvalue weighted by molar-refractivity contribution is -0.133. The molecular weight excluding hydrogens is 314 g/mol. The number of aryl methyl sites for hydroxylation is 1. The average molecular weight is 339 g/mol. The molecule has 1 amide bonds. The number of aromatic nitrogens is 1. The van der Waals surface area contributed by atoms with E-state index in [0.717, 1.165) is 50.6 Å². The van der Waals surface area contributed by atoms with Crippen molar-refractivity contribution in [1.29, 1.82) is 0 Å². The van der Waals surface area contributed by atoms with Crippen LogP contribution in [0.5, 0.6) is 5.75 Å². The molecule has 2 aromatic rings. The van der Waals surface area contributed by atoms with Gasteiger partial charge in [-0.25, -0.2) is 0 Å². The molecule has 5 heteroatoms. The largest absolute Gasteiger partial charge is 0.497 e. The minimum atomic E-state index is 0.244. The molecule has 3 rings (SSSR count). The summed E-state index contributed by atoms with van der Waals surface area (Å²) in [5.41, 5.74) is 2.25. The Bertz CT molecular complexity index is 665. The third-order valence-corrected chi connectivity index (χ3v) is 4.62. The van der Waals surface area contributed by atoms with E-state index in [4.69, 9.17) is 4.74 Å². The first-order valence-corrected chi connectivity index (χ1v) is 8.77. The number of nitrogens with zero attached hydrogens (tertiary/aromatic N) is 3. The van der Waals surface area contributed by atoms with Gasteiger partial charge in [-0.3, -0.25) is 14.7 Å². The molecule has 1 aliphatic rings. The van der Waals surface area contributed by atoms with E-state index < -0.39 is 0 Å². The number of hydrogen-bond acceptors (Lipinski definition) is 4. The van der Waals surface area contributed by atoms with Gasteiger partial charge in [0.1, 0.15) is 5.75 Å². The van der Waals surface area contributed by atoms with Crippen molar-refractivity contribution in [2.45, 2.75) is 19.4 Å². The first kappa shape index (κ1) is 17.4. The molecule has 0 radical (unpaired) electrons. The maximum atomic E-state index is 12.4. The smallest absolute Gasteiger partial charge is 0.222 e. The Balaban J connectivity index is 1.41. The highest BCUT2D eigenvalue weighted by Crippen LogP contribution is 2.14. The van der Waals surface area contributed by atoms with E-state index in [9.17, 15) is 4.79 Å². The lowest BCUT2D eigenvalue weighted by Crippen LogP contribution is -2.48. The molecule has 0 atom stereocenters. The molecule has 1 fully saturated rings. The van der Waals surface area contributed by atoms with Crippen molar-refractivity contribution >= 4 is 5.91 Å². The minimum absolute atomic E-state index is 0.244. The number of pyridine rings is 1. The van der Waals surface area contributed by atoms with Gasteiger partial charge in [0.25, 0.3) is 0 Å². The van der Waals surface area contributed by atoms with Gasteiger partial charge in [-0.05, 0) is 36.2 Å². The van der Waals surface area contributed by atoms with Crippen LogP contribution in [-0.4, -0.2) is 54.0 Å². The van der Waals surface area contributed by atoms with Gasteiger partial charge in [-0.1, -0.05) is 18.2 Å². The van der Waals surface area contributed by atoms with Crippen molar-refractivity contribution in [1.82, 2.24) is 14.8 Å². The molecule has 0 aliphatic carbocycles. The third-order valence-electron chi connectivity index (χ3n) is 4.62. The average Bonchev–Trinajstić information content (AvgIpc) is 2.68. The zero-order chi connectivity index (χ0) is 17.5. The molecule has 25 heavy (non-hydrogen) atoms. The van der Waals surface area contributed by atoms with Crippen LogP contribution in [0.3, 0.4) is 0 Å². The van der Waals surface area contributed by atoms with E-state index in [1.807, 2.05) is 53.6 Å². The molecule has 132 valence electrons. The molecule has 1 aliphatic heterocycles. The highest BCUT2D eigenvalue weighted by molar-refractivity contribution is 5.76. The molecular formula is C20H25N3O2. The van der Waals surface area contributed by atoms with Crippen LogP contribution in [0.2, 0.25) is 0 Å². The van der Waals surface area contributed by atoms with Crippen LogP contribution in [0.25, 0.3) is 0 Å². The predicted molar refractivity (Wildman–Crippen MR) is 97.4 cm³/mol. The molecule has 5 nitrogen and oxygen atoms in total. The number of carbonyl (C=O) groups excluding carboxylic acids is 1. The van der Waals surface area contributed by atoms with Gasteiger partial charge >= 0.3 is 0 Å². The van der Waals surface area contributed by atoms with Crippen molar-refractivity contribution < 1.29 is 9.53 Å². The van der Waals surface area contributed by atoms with E-state index in [2.05, 4.69) is 9.88 Å². The minimum Gasteiger partial charge on any atom is -0.497 e. The zero-order valence-corrected chi connectivity index (χ0v) is 14.7. The summed E-state index contributed by atoms with van der Waals surface area (Å²) < 4.78 is 5.16. The SMILES string of the molecule is COc1ccc(CCC(=O)N2CCN(Cc3ccccn3)CC2)cc1. The summed E-state index contributed by atoms with van der Waals surface area (Å²) in [6.45, 7) is 4.27. The maximum absolute atomic E-state index is 12.4. The second kappa shape index (κ2) is 8.62. The summed E-state index contributed by atoms with van der Waals surface area (Å²) in [5, 5.41) is 0. The molecule has 1 saturated heterocycles. The predicted octanol–water partition coefficient (Wildman–Crippen LogP) is 2.37. The Kier molecular flexibility index (Phi) is 6.01. The fraction of sp³-hybridized carbons (Fsp3) is 0.400. The summed E-state index contributed by atoms with van der Waals surface area (Å²) in [6.07, 6.45) is 3.16. The van der Waals surface area contributed by atoms with Gasteiger partial charge in [0.2, 0.25) is 5.91 Å². The summed E-state index contributed by atoms with van der Waals surface area (Å²) in [6, 6.07) is 13.9. The van der Waals surface area contributed by atoms with E-state index >= 15 is 0 Å². The maximum Gasteiger partial charge on any atom is 0.222 e. The fourth-order valence-electron chi connectivity index (χ4n) is 3.08. The molecule has 2 heterocycles. The van der Waals surface area contributed by atoms with Crippen LogP contribution in [0.1, 0.15) is 17.7 Å². The summed E-state index contributed by atoms with van der Waals surface area (Å²) in [4.78, 5) is 21.1. The number of carbonyl (C=O) groups is 1. The van der Waals surface area contributed by atoms with Crippen LogP contribution in [0.4, 0.5) is 0 Å².